The number of phenols is 1. The van der Waals surface area contributed by atoms with Crippen molar-refractivity contribution in [3.63, 3.8) is 0 Å². The number of hydrogen-bond donors (Lipinski definition) is 2. The maximum absolute atomic E-state index is 13.4. The number of aromatic hydroxyl groups is 1. The fourth-order valence-electron chi connectivity index (χ4n) is 4.72. The van der Waals surface area contributed by atoms with Crippen molar-refractivity contribution in [1.82, 2.24) is 4.98 Å². The van der Waals surface area contributed by atoms with E-state index in [1.807, 2.05) is 6.92 Å². The van der Waals surface area contributed by atoms with Crippen LogP contribution >= 0.6 is 22.9 Å². The van der Waals surface area contributed by atoms with E-state index in [9.17, 15) is 19.8 Å². The van der Waals surface area contributed by atoms with Crippen LogP contribution in [-0.4, -0.2) is 33.0 Å². The van der Waals surface area contributed by atoms with Crippen LogP contribution in [0.15, 0.2) is 66.2 Å². The summed E-state index contributed by atoms with van der Waals surface area (Å²) in [6, 6.07) is 15.7. The number of carbonyl (C=O) groups excluding carboxylic acids is 2. The SMILES string of the molecule is C[C@@H]1Cc2cc(/C(O)=C3\C(=O)C(=O)N(c4nc5ccc(Cl)cc5s4)[C@H]3c3ccc(O)cc3)ccc2O1. The molecule has 180 valence electrons. The molecule has 1 aromatic heterocycles. The van der Waals surface area contributed by atoms with E-state index in [-0.39, 0.29) is 23.2 Å². The first-order valence-corrected chi connectivity index (χ1v) is 12.5. The molecule has 2 aliphatic rings. The Labute approximate surface area is 214 Å². The third-order valence-corrected chi connectivity index (χ3v) is 7.62. The van der Waals surface area contributed by atoms with Crippen molar-refractivity contribution in [2.45, 2.75) is 25.5 Å². The highest BCUT2D eigenvalue weighted by molar-refractivity contribution is 7.22. The first-order valence-electron chi connectivity index (χ1n) is 11.3. The molecule has 9 heteroatoms. The van der Waals surface area contributed by atoms with E-state index in [4.69, 9.17) is 16.3 Å². The molecule has 36 heavy (non-hydrogen) atoms. The van der Waals surface area contributed by atoms with E-state index in [0.29, 0.717) is 33.2 Å². The van der Waals surface area contributed by atoms with Gasteiger partial charge in [0, 0.05) is 17.0 Å². The van der Waals surface area contributed by atoms with Crippen LogP contribution in [0.4, 0.5) is 5.13 Å². The monoisotopic (exact) mass is 518 g/mol. The molecule has 0 saturated carbocycles. The number of aliphatic hydroxyl groups excluding tert-OH is 1. The number of anilines is 1. The van der Waals surface area contributed by atoms with Gasteiger partial charge in [0.2, 0.25) is 0 Å². The number of halogens is 1. The van der Waals surface area contributed by atoms with Crippen LogP contribution in [-0.2, 0) is 16.0 Å². The van der Waals surface area contributed by atoms with Crippen molar-refractivity contribution in [3.05, 3.63) is 87.9 Å². The Kier molecular flexibility index (Phi) is 5.24. The van der Waals surface area contributed by atoms with Crippen molar-refractivity contribution in [3.8, 4) is 11.5 Å². The maximum atomic E-state index is 13.4. The van der Waals surface area contributed by atoms with Crippen LogP contribution in [0, 0.1) is 0 Å². The predicted molar refractivity (Wildman–Crippen MR) is 138 cm³/mol. The molecule has 2 N–H and O–H groups in total. The third-order valence-electron chi connectivity index (χ3n) is 6.37. The van der Waals surface area contributed by atoms with Crippen LogP contribution in [0.3, 0.4) is 0 Å². The van der Waals surface area contributed by atoms with Gasteiger partial charge in [0.15, 0.2) is 5.13 Å². The molecule has 0 spiro atoms. The Bertz CT molecular complexity index is 1590. The fourth-order valence-corrected chi connectivity index (χ4v) is 5.98. The van der Waals surface area contributed by atoms with Gasteiger partial charge in [-0.2, -0.15) is 0 Å². The van der Waals surface area contributed by atoms with Gasteiger partial charge >= 0.3 is 5.91 Å². The molecule has 3 aromatic carbocycles. The zero-order chi connectivity index (χ0) is 25.1. The van der Waals surface area contributed by atoms with Crippen LogP contribution < -0.4 is 9.64 Å². The second-order valence-corrected chi connectivity index (χ2v) is 10.3. The summed E-state index contributed by atoms with van der Waals surface area (Å²) >= 11 is 7.36. The fraction of sp³-hybridized carbons (Fsp3) is 0.148. The van der Waals surface area contributed by atoms with E-state index in [1.165, 1.54) is 28.4 Å². The van der Waals surface area contributed by atoms with Gasteiger partial charge in [0.05, 0.1) is 21.8 Å². The van der Waals surface area contributed by atoms with E-state index in [1.54, 1.807) is 48.5 Å². The highest BCUT2D eigenvalue weighted by atomic mass is 35.5. The zero-order valence-corrected chi connectivity index (χ0v) is 20.5. The number of fused-ring (bicyclic) bond motifs is 2. The van der Waals surface area contributed by atoms with Gasteiger partial charge < -0.3 is 14.9 Å². The lowest BCUT2D eigenvalue weighted by molar-refractivity contribution is -0.132. The van der Waals surface area contributed by atoms with E-state index in [0.717, 1.165) is 16.0 Å². The molecular formula is C27H19ClN2O5S. The summed E-state index contributed by atoms with van der Waals surface area (Å²) in [7, 11) is 0. The van der Waals surface area contributed by atoms with Crippen LogP contribution in [0.1, 0.15) is 29.7 Å². The first kappa shape index (κ1) is 22.6. The van der Waals surface area contributed by atoms with Crippen LogP contribution in [0.2, 0.25) is 5.02 Å². The lowest BCUT2D eigenvalue weighted by Gasteiger charge is -2.23. The molecule has 0 bridgehead atoms. The molecule has 4 aromatic rings. The Morgan fingerprint density at radius 2 is 1.89 bits per heavy atom. The number of nitrogens with zero attached hydrogens (tertiary/aromatic N) is 2. The number of carbonyl (C=O) groups is 2. The lowest BCUT2D eigenvalue weighted by Crippen LogP contribution is -2.29. The topological polar surface area (TPSA) is 100.0 Å². The number of rotatable bonds is 3. The summed E-state index contributed by atoms with van der Waals surface area (Å²) in [5, 5.41) is 22.1. The number of benzene rings is 3. The van der Waals surface area contributed by atoms with Crippen molar-refractivity contribution in [2.24, 2.45) is 0 Å². The Morgan fingerprint density at radius 1 is 1.11 bits per heavy atom. The van der Waals surface area contributed by atoms with Crippen molar-refractivity contribution in [1.29, 1.82) is 0 Å². The molecule has 2 aliphatic heterocycles. The van der Waals surface area contributed by atoms with Crippen molar-refractivity contribution in [2.75, 3.05) is 4.90 Å². The number of ether oxygens (including phenoxy) is 1. The largest absolute Gasteiger partial charge is 0.508 e. The maximum Gasteiger partial charge on any atom is 0.301 e. The van der Waals surface area contributed by atoms with Gasteiger partial charge in [0.1, 0.15) is 23.4 Å². The van der Waals surface area contributed by atoms with Gasteiger partial charge in [-0.15, -0.1) is 0 Å². The number of thiazole rings is 1. The van der Waals surface area contributed by atoms with Crippen LogP contribution in [0.5, 0.6) is 11.5 Å². The summed E-state index contributed by atoms with van der Waals surface area (Å²) in [4.78, 5) is 32.6. The molecule has 6 rings (SSSR count). The smallest absolute Gasteiger partial charge is 0.301 e. The van der Waals surface area contributed by atoms with Gasteiger partial charge in [0.25, 0.3) is 5.78 Å². The highest BCUT2D eigenvalue weighted by Gasteiger charge is 2.48. The second kappa shape index (κ2) is 8.36. The standard InChI is InChI=1S/C27H19ClN2O5S/c1-13-10-16-11-15(4-9-20(16)35-13)24(32)22-23(14-2-6-18(31)7-3-14)30(26(34)25(22)33)27-29-19-8-5-17(28)12-21(19)36-27/h2-9,11-13,23,31-32H,10H2,1H3/b24-22+/t13-,23+/m1/s1. The lowest BCUT2D eigenvalue weighted by atomic mass is 9.94. The normalized spacial score (nSPS) is 20.7. The average molecular weight is 519 g/mol. The number of amides is 1. The molecule has 3 heterocycles. The van der Waals surface area contributed by atoms with Gasteiger partial charge in [-0.1, -0.05) is 35.1 Å². The molecule has 0 aliphatic carbocycles. The molecule has 1 saturated heterocycles. The quantitative estimate of drug-likeness (QED) is 0.208. The molecule has 1 amide bonds. The minimum atomic E-state index is -0.940. The van der Waals surface area contributed by atoms with Gasteiger partial charge in [-0.05, 0) is 66.6 Å². The number of aliphatic hydroxyl groups is 1. The zero-order valence-electron chi connectivity index (χ0n) is 18.9. The average Bonchev–Trinajstić information content (AvgIpc) is 3.51. The molecule has 0 unspecified atom stereocenters. The Balaban J connectivity index is 1.53. The van der Waals surface area contributed by atoms with E-state index < -0.39 is 17.7 Å². The number of hydrogen-bond acceptors (Lipinski definition) is 7. The summed E-state index contributed by atoms with van der Waals surface area (Å²) < 4.78 is 6.51. The number of phenolic OH excluding ortho intramolecular Hbond substituents is 1. The van der Waals surface area contributed by atoms with E-state index in [2.05, 4.69) is 4.98 Å². The van der Waals surface area contributed by atoms with E-state index >= 15 is 0 Å². The number of Topliss-reactive ketones (excluding diaryl/α,β-unsaturated/α-hetero) is 1. The second-order valence-electron chi connectivity index (χ2n) is 8.82. The Morgan fingerprint density at radius 3 is 2.67 bits per heavy atom. The first-order chi connectivity index (χ1) is 17.3. The summed E-state index contributed by atoms with van der Waals surface area (Å²) in [6.07, 6.45) is 0.702. The third kappa shape index (κ3) is 3.61. The molecule has 7 nitrogen and oxygen atoms in total. The minimum absolute atomic E-state index is 0.0208. The summed E-state index contributed by atoms with van der Waals surface area (Å²) in [6.45, 7) is 1.96. The summed E-state index contributed by atoms with van der Waals surface area (Å²) in [5.74, 6) is -1.10. The van der Waals surface area contributed by atoms with Crippen LogP contribution in [0.25, 0.3) is 16.0 Å². The highest BCUT2D eigenvalue weighted by Crippen LogP contribution is 2.45. The van der Waals surface area contributed by atoms with Gasteiger partial charge in [-0.3, -0.25) is 14.5 Å². The van der Waals surface area contributed by atoms with Crippen molar-refractivity contribution < 1.29 is 24.5 Å². The predicted octanol–water partition coefficient (Wildman–Crippen LogP) is 5.61. The summed E-state index contributed by atoms with van der Waals surface area (Å²) in [5.41, 5.74) is 2.48. The Hall–Kier alpha value is -3.88. The molecule has 0 radical (unpaired) electrons. The number of aromatic nitrogens is 1. The molecule has 1 fully saturated rings. The van der Waals surface area contributed by atoms with Gasteiger partial charge in [-0.25, -0.2) is 4.98 Å². The minimum Gasteiger partial charge on any atom is -0.508 e. The molecule has 2 atom stereocenters. The number of ketones is 1. The molecular weight excluding hydrogens is 500 g/mol. The van der Waals surface area contributed by atoms with Crippen molar-refractivity contribution >= 4 is 55.7 Å².